The molecule has 102 valence electrons. The number of nitrogens with one attached hydrogen (secondary N) is 1. The monoisotopic (exact) mass is 261 g/mol. The maximum atomic E-state index is 11.9. The van der Waals surface area contributed by atoms with Crippen LogP contribution in [0, 0.1) is 5.92 Å². The molecule has 0 radical (unpaired) electrons. The van der Waals surface area contributed by atoms with Crippen molar-refractivity contribution >= 4 is 5.91 Å². The van der Waals surface area contributed by atoms with Gasteiger partial charge in [-0.05, 0) is 37.0 Å². The van der Waals surface area contributed by atoms with Crippen LogP contribution in [0.25, 0.3) is 0 Å². The van der Waals surface area contributed by atoms with Crippen LogP contribution in [-0.2, 0) is 11.3 Å². The molecule has 1 aromatic carbocycles. The summed E-state index contributed by atoms with van der Waals surface area (Å²) in [5.74, 6) is 0.693. The van der Waals surface area contributed by atoms with Gasteiger partial charge in [0.05, 0.1) is 7.11 Å². The molecule has 1 unspecified atom stereocenters. The molecule has 1 aromatic rings. The number of hydrogen-bond donors (Lipinski definition) is 2. The van der Waals surface area contributed by atoms with Crippen LogP contribution < -0.4 is 10.1 Å². The van der Waals surface area contributed by atoms with Gasteiger partial charge in [-0.3, -0.25) is 4.79 Å². The molecule has 0 saturated carbocycles. The van der Waals surface area contributed by atoms with Crippen LogP contribution >= 0.6 is 0 Å². The molecule has 4 heteroatoms. The lowest BCUT2D eigenvalue weighted by Gasteiger charge is -2.17. The first kappa shape index (κ1) is 13.5. The summed E-state index contributed by atoms with van der Waals surface area (Å²) >= 11 is 0. The van der Waals surface area contributed by atoms with E-state index >= 15 is 0 Å². The van der Waals surface area contributed by atoms with Crippen molar-refractivity contribution in [3.05, 3.63) is 35.9 Å². The molecule has 1 atom stereocenters. The van der Waals surface area contributed by atoms with Crippen molar-refractivity contribution in [1.29, 1.82) is 0 Å². The number of allylic oxidation sites excluding steroid dienone is 2. The van der Waals surface area contributed by atoms with Crippen molar-refractivity contribution < 1.29 is 14.6 Å². The Kier molecular flexibility index (Phi) is 4.44. The number of ether oxygens (including phenoxy) is 1. The largest absolute Gasteiger partial charge is 0.504 e. The maximum absolute atomic E-state index is 11.9. The molecular weight excluding hydrogens is 242 g/mol. The number of phenolic OH excluding ortho intramolecular Hbond substituents is 1. The smallest absolute Gasteiger partial charge is 0.223 e. The van der Waals surface area contributed by atoms with Crippen LogP contribution in [0.3, 0.4) is 0 Å². The zero-order valence-electron chi connectivity index (χ0n) is 11.1. The predicted molar refractivity (Wildman–Crippen MR) is 73.0 cm³/mol. The fraction of sp³-hybridized carbons (Fsp3) is 0.400. The fourth-order valence-corrected chi connectivity index (χ4v) is 2.21. The van der Waals surface area contributed by atoms with Gasteiger partial charge < -0.3 is 15.2 Å². The summed E-state index contributed by atoms with van der Waals surface area (Å²) in [6.45, 7) is 0.427. The number of phenols is 1. The zero-order valence-corrected chi connectivity index (χ0v) is 11.1. The molecule has 4 nitrogen and oxygen atoms in total. The Balaban J connectivity index is 1.89. The molecule has 2 rings (SSSR count). The van der Waals surface area contributed by atoms with E-state index in [0.29, 0.717) is 12.3 Å². The number of methoxy groups -OCH3 is 1. The van der Waals surface area contributed by atoms with E-state index in [2.05, 4.69) is 17.5 Å². The molecule has 0 aliphatic heterocycles. The molecule has 1 amide bonds. The van der Waals surface area contributed by atoms with Crippen LogP contribution in [-0.4, -0.2) is 18.1 Å². The Morgan fingerprint density at radius 2 is 2.32 bits per heavy atom. The lowest BCUT2D eigenvalue weighted by Crippen LogP contribution is -2.30. The first-order valence-electron chi connectivity index (χ1n) is 6.49. The lowest BCUT2D eigenvalue weighted by molar-refractivity contribution is -0.125. The fourth-order valence-electron chi connectivity index (χ4n) is 2.21. The van der Waals surface area contributed by atoms with Crippen LogP contribution in [0.5, 0.6) is 11.5 Å². The summed E-state index contributed by atoms with van der Waals surface area (Å²) in [4.78, 5) is 11.9. The highest BCUT2D eigenvalue weighted by Crippen LogP contribution is 2.26. The van der Waals surface area contributed by atoms with Gasteiger partial charge in [-0.1, -0.05) is 18.2 Å². The molecule has 1 aliphatic carbocycles. The van der Waals surface area contributed by atoms with Gasteiger partial charge in [-0.2, -0.15) is 0 Å². The summed E-state index contributed by atoms with van der Waals surface area (Å²) in [6.07, 6.45) is 6.88. The number of carbonyl (C=O) groups is 1. The van der Waals surface area contributed by atoms with Gasteiger partial charge in [0.15, 0.2) is 11.5 Å². The van der Waals surface area contributed by atoms with E-state index in [4.69, 9.17) is 4.74 Å². The Hall–Kier alpha value is -1.97. The number of hydrogen-bond acceptors (Lipinski definition) is 3. The highest BCUT2D eigenvalue weighted by Gasteiger charge is 2.18. The minimum atomic E-state index is 0.0804. The van der Waals surface area contributed by atoms with E-state index in [-0.39, 0.29) is 17.6 Å². The topological polar surface area (TPSA) is 58.6 Å². The highest BCUT2D eigenvalue weighted by atomic mass is 16.5. The summed E-state index contributed by atoms with van der Waals surface area (Å²) in [7, 11) is 1.51. The molecule has 2 N–H and O–H groups in total. The van der Waals surface area contributed by atoms with E-state index in [1.807, 2.05) is 6.07 Å². The Morgan fingerprint density at radius 1 is 1.47 bits per heavy atom. The summed E-state index contributed by atoms with van der Waals surface area (Å²) < 4.78 is 4.98. The normalized spacial score (nSPS) is 18.1. The minimum absolute atomic E-state index is 0.0804. The van der Waals surface area contributed by atoms with Gasteiger partial charge in [-0.15, -0.1) is 0 Å². The maximum Gasteiger partial charge on any atom is 0.223 e. The quantitative estimate of drug-likeness (QED) is 0.818. The van der Waals surface area contributed by atoms with E-state index in [0.717, 1.165) is 24.8 Å². The second-order valence-electron chi connectivity index (χ2n) is 4.71. The number of carbonyl (C=O) groups excluding carboxylic acids is 1. The second-order valence-corrected chi connectivity index (χ2v) is 4.71. The third-order valence-corrected chi connectivity index (χ3v) is 3.35. The number of benzene rings is 1. The van der Waals surface area contributed by atoms with Crippen LogP contribution in [0.4, 0.5) is 0 Å². The van der Waals surface area contributed by atoms with Gasteiger partial charge in [-0.25, -0.2) is 0 Å². The van der Waals surface area contributed by atoms with Gasteiger partial charge in [0.25, 0.3) is 0 Å². The lowest BCUT2D eigenvalue weighted by atomic mass is 9.93. The van der Waals surface area contributed by atoms with Gasteiger partial charge in [0.2, 0.25) is 5.91 Å². The number of rotatable bonds is 4. The SMILES string of the molecule is COc1ccc(CNC(=O)C2CC=CCC2)cc1O. The number of aromatic hydroxyl groups is 1. The Morgan fingerprint density at radius 3 is 2.95 bits per heavy atom. The Labute approximate surface area is 113 Å². The van der Waals surface area contributed by atoms with Gasteiger partial charge in [0.1, 0.15) is 0 Å². The molecule has 0 heterocycles. The molecule has 0 fully saturated rings. The molecule has 0 aromatic heterocycles. The van der Waals surface area contributed by atoms with Gasteiger partial charge >= 0.3 is 0 Å². The molecule has 0 saturated heterocycles. The van der Waals surface area contributed by atoms with Crippen molar-refractivity contribution in [3.8, 4) is 11.5 Å². The van der Waals surface area contributed by atoms with E-state index in [1.165, 1.54) is 7.11 Å². The van der Waals surface area contributed by atoms with E-state index in [9.17, 15) is 9.90 Å². The third kappa shape index (κ3) is 3.50. The van der Waals surface area contributed by atoms with Crippen molar-refractivity contribution in [2.75, 3.05) is 7.11 Å². The molecule has 0 bridgehead atoms. The van der Waals surface area contributed by atoms with Crippen molar-refractivity contribution in [2.45, 2.75) is 25.8 Å². The summed E-state index contributed by atoms with van der Waals surface area (Å²) in [5, 5.41) is 12.6. The van der Waals surface area contributed by atoms with Crippen LogP contribution in [0.2, 0.25) is 0 Å². The minimum Gasteiger partial charge on any atom is -0.504 e. The van der Waals surface area contributed by atoms with E-state index < -0.39 is 0 Å². The van der Waals surface area contributed by atoms with Gasteiger partial charge in [0, 0.05) is 12.5 Å². The van der Waals surface area contributed by atoms with Crippen molar-refractivity contribution in [3.63, 3.8) is 0 Å². The first-order chi connectivity index (χ1) is 9.20. The standard InChI is InChI=1S/C15H19NO3/c1-19-14-8-7-11(9-13(14)17)10-16-15(18)12-5-3-2-4-6-12/h2-3,7-9,12,17H,4-6,10H2,1H3,(H,16,18). The average molecular weight is 261 g/mol. The average Bonchev–Trinajstić information content (AvgIpc) is 2.46. The molecule has 19 heavy (non-hydrogen) atoms. The van der Waals surface area contributed by atoms with E-state index in [1.54, 1.807) is 12.1 Å². The van der Waals surface area contributed by atoms with Crippen molar-refractivity contribution in [2.24, 2.45) is 5.92 Å². The third-order valence-electron chi connectivity index (χ3n) is 3.35. The van der Waals surface area contributed by atoms with Crippen molar-refractivity contribution in [1.82, 2.24) is 5.32 Å². The predicted octanol–water partition coefficient (Wildman–Crippen LogP) is 2.37. The second kappa shape index (κ2) is 6.27. The van der Waals surface area contributed by atoms with Crippen LogP contribution in [0.15, 0.2) is 30.4 Å². The Bertz CT molecular complexity index is 482. The number of amides is 1. The summed E-state index contributed by atoms with van der Waals surface area (Å²) in [5.41, 5.74) is 0.859. The summed E-state index contributed by atoms with van der Waals surface area (Å²) in [6, 6.07) is 5.14. The molecule has 1 aliphatic rings. The highest BCUT2D eigenvalue weighted by molar-refractivity contribution is 5.79. The molecule has 0 spiro atoms. The molecular formula is C15H19NO3. The first-order valence-corrected chi connectivity index (χ1v) is 6.49. The zero-order chi connectivity index (χ0) is 13.7. The van der Waals surface area contributed by atoms with Crippen LogP contribution in [0.1, 0.15) is 24.8 Å².